The van der Waals surface area contributed by atoms with Gasteiger partial charge in [-0.15, -0.1) is 0 Å². The lowest BCUT2D eigenvalue weighted by atomic mass is 10.1. The Morgan fingerprint density at radius 2 is 1.75 bits per heavy atom. The quantitative estimate of drug-likeness (QED) is 0.896. The van der Waals surface area contributed by atoms with Crippen LogP contribution in [0, 0.1) is 0 Å². The van der Waals surface area contributed by atoms with Crippen molar-refractivity contribution in [1.82, 2.24) is 4.31 Å². The van der Waals surface area contributed by atoms with Crippen LogP contribution >= 0.6 is 0 Å². The maximum atomic E-state index is 12.8. The molecule has 0 spiro atoms. The topological polar surface area (TPSA) is 49.4 Å². The van der Waals surface area contributed by atoms with Gasteiger partial charge in [0.25, 0.3) is 0 Å². The Morgan fingerprint density at radius 3 is 2.42 bits per heavy atom. The summed E-state index contributed by atoms with van der Waals surface area (Å²) in [6.45, 7) is 3.33. The van der Waals surface area contributed by atoms with Gasteiger partial charge in [-0.25, -0.2) is 8.42 Å². The number of hydrogen-bond donors (Lipinski definition) is 1. The Bertz CT molecular complexity index is 758. The minimum absolute atomic E-state index is 0.0830. The molecule has 2 aromatic rings. The fraction of sp³-hybridized carbons (Fsp3) is 0.368. The van der Waals surface area contributed by atoms with Gasteiger partial charge in [0.15, 0.2) is 0 Å². The smallest absolute Gasteiger partial charge is 0.243 e. The minimum Gasteiger partial charge on any atom is -0.381 e. The molecule has 4 nitrogen and oxygen atoms in total. The summed E-state index contributed by atoms with van der Waals surface area (Å²) >= 11 is 0. The molecule has 5 heteroatoms. The number of hydrogen-bond acceptors (Lipinski definition) is 3. The highest BCUT2D eigenvalue weighted by molar-refractivity contribution is 7.89. The number of nitrogens with one attached hydrogen (secondary N) is 1. The SMILES string of the molecule is CC1CCCCN1S(=O)(=O)c1ccc(NCc2ccccc2)cc1. The van der Waals surface area contributed by atoms with Crippen molar-refractivity contribution in [2.75, 3.05) is 11.9 Å². The second-order valence-corrected chi connectivity index (χ2v) is 8.21. The van der Waals surface area contributed by atoms with E-state index in [0.717, 1.165) is 31.5 Å². The Morgan fingerprint density at radius 1 is 1.04 bits per heavy atom. The molecule has 2 aromatic carbocycles. The highest BCUT2D eigenvalue weighted by Crippen LogP contribution is 2.25. The van der Waals surface area contributed by atoms with Gasteiger partial charge in [-0.2, -0.15) is 4.31 Å². The summed E-state index contributed by atoms with van der Waals surface area (Å²) in [7, 11) is -3.39. The molecule has 1 fully saturated rings. The number of benzene rings is 2. The van der Waals surface area contributed by atoms with E-state index in [1.807, 2.05) is 37.3 Å². The third-order valence-corrected chi connectivity index (χ3v) is 6.57. The Labute approximate surface area is 144 Å². The van der Waals surface area contributed by atoms with Crippen LogP contribution in [0.1, 0.15) is 31.7 Å². The molecule has 1 N–H and O–H groups in total. The molecule has 0 amide bonds. The Kier molecular flexibility index (Phi) is 5.21. The van der Waals surface area contributed by atoms with Gasteiger partial charge in [-0.3, -0.25) is 0 Å². The number of rotatable bonds is 5. The van der Waals surface area contributed by atoms with Crippen molar-refractivity contribution in [3.8, 4) is 0 Å². The second-order valence-electron chi connectivity index (χ2n) is 6.32. The summed E-state index contributed by atoms with van der Waals surface area (Å²) < 4.78 is 27.2. The highest BCUT2D eigenvalue weighted by atomic mass is 32.2. The van der Waals surface area contributed by atoms with E-state index in [0.29, 0.717) is 11.4 Å². The van der Waals surface area contributed by atoms with Gasteiger partial charge < -0.3 is 5.32 Å². The van der Waals surface area contributed by atoms with E-state index in [9.17, 15) is 8.42 Å². The van der Waals surface area contributed by atoms with Crippen molar-refractivity contribution in [1.29, 1.82) is 0 Å². The zero-order valence-electron chi connectivity index (χ0n) is 14.0. The van der Waals surface area contributed by atoms with Crippen LogP contribution in [0.4, 0.5) is 5.69 Å². The minimum atomic E-state index is -3.39. The molecule has 0 radical (unpaired) electrons. The zero-order chi connectivity index (χ0) is 17.0. The largest absolute Gasteiger partial charge is 0.381 e. The highest BCUT2D eigenvalue weighted by Gasteiger charge is 2.30. The Hall–Kier alpha value is -1.85. The molecule has 1 heterocycles. The molecule has 24 heavy (non-hydrogen) atoms. The lowest BCUT2D eigenvalue weighted by Gasteiger charge is -2.32. The summed E-state index contributed by atoms with van der Waals surface area (Å²) in [6.07, 6.45) is 2.99. The predicted octanol–water partition coefficient (Wildman–Crippen LogP) is 3.86. The van der Waals surface area contributed by atoms with Crippen LogP contribution in [0.15, 0.2) is 59.5 Å². The van der Waals surface area contributed by atoms with E-state index in [4.69, 9.17) is 0 Å². The molecular formula is C19H24N2O2S. The summed E-state index contributed by atoms with van der Waals surface area (Å²) in [5, 5.41) is 3.32. The number of sulfonamides is 1. The van der Waals surface area contributed by atoms with Crippen LogP contribution in [0.2, 0.25) is 0 Å². The van der Waals surface area contributed by atoms with E-state index in [1.165, 1.54) is 5.56 Å². The fourth-order valence-electron chi connectivity index (χ4n) is 3.11. The molecule has 1 aliphatic heterocycles. The number of piperidine rings is 1. The van der Waals surface area contributed by atoms with E-state index in [2.05, 4.69) is 17.4 Å². The molecular weight excluding hydrogens is 320 g/mol. The van der Waals surface area contributed by atoms with Crippen LogP contribution in [0.5, 0.6) is 0 Å². The first-order valence-electron chi connectivity index (χ1n) is 8.47. The summed E-state index contributed by atoms with van der Waals surface area (Å²) in [6, 6.07) is 17.3. The first-order chi connectivity index (χ1) is 11.6. The standard InChI is InChI=1S/C19H24N2O2S/c1-16-7-5-6-14-21(16)24(22,23)19-12-10-18(11-13-19)20-15-17-8-3-2-4-9-17/h2-4,8-13,16,20H,5-7,14-15H2,1H3. The first kappa shape index (κ1) is 17.0. The van der Waals surface area contributed by atoms with Crippen molar-refractivity contribution >= 4 is 15.7 Å². The van der Waals surface area contributed by atoms with Gasteiger partial charge in [-0.05, 0) is 49.6 Å². The third kappa shape index (κ3) is 3.79. The van der Waals surface area contributed by atoms with E-state index < -0.39 is 10.0 Å². The normalized spacial score (nSPS) is 19.1. The molecule has 3 rings (SSSR count). The fourth-order valence-corrected chi connectivity index (χ4v) is 4.81. The van der Waals surface area contributed by atoms with Crippen LogP contribution in [-0.4, -0.2) is 25.3 Å². The van der Waals surface area contributed by atoms with Gasteiger partial charge in [0.1, 0.15) is 0 Å². The molecule has 1 unspecified atom stereocenters. The van der Waals surface area contributed by atoms with E-state index in [-0.39, 0.29) is 6.04 Å². The maximum absolute atomic E-state index is 12.8. The zero-order valence-corrected chi connectivity index (χ0v) is 14.8. The van der Waals surface area contributed by atoms with Crippen molar-refractivity contribution in [2.45, 2.75) is 43.7 Å². The lowest BCUT2D eigenvalue weighted by molar-refractivity contribution is 0.268. The predicted molar refractivity (Wildman–Crippen MR) is 97.4 cm³/mol. The number of anilines is 1. The van der Waals surface area contributed by atoms with E-state index in [1.54, 1.807) is 16.4 Å². The first-order valence-corrected chi connectivity index (χ1v) is 9.91. The molecule has 1 aliphatic rings. The van der Waals surface area contributed by atoms with Crippen molar-refractivity contribution in [3.63, 3.8) is 0 Å². The molecule has 1 atom stereocenters. The van der Waals surface area contributed by atoms with Crippen molar-refractivity contribution in [2.24, 2.45) is 0 Å². The molecule has 0 aromatic heterocycles. The molecule has 0 aliphatic carbocycles. The third-order valence-electron chi connectivity index (χ3n) is 4.54. The summed E-state index contributed by atoms with van der Waals surface area (Å²) in [5.74, 6) is 0. The summed E-state index contributed by atoms with van der Waals surface area (Å²) in [5.41, 5.74) is 2.11. The van der Waals surface area contributed by atoms with Crippen LogP contribution < -0.4 is 5.32 Å². The lowest BCUT2D eigenvalue weighted by Crippen LogP contribution is -2.41. The van der Waals surface area contributed by atoms with Crippen LogP contribution in [-0.2, 0) is 16.6 Å². The monoisotopic (exact) mass is 344 g/mol. The molecule has 128 valence electrons. The molecule has 0 saturated carbocycles. The van der Waals surface area contributed by atoms with Gasteiger partial charge in [0.05, 0.1) is 4.90 Å². The van der Waals surface area contributed by atoms with Gasteiger partial charge in [-0.1, -0.05) is 36.8 Å². The molecule has 1 saturated heterocycles. The van der Waals surface area contributed by atoms with Gasteiger partial charge >= 0.3 is 0 Å². The second kappa shape index (κ2) is 7.36. The summed E-state index contributed by atoms with van der Waals surface area (Å²) in [4.78, 5) is 0.376. The number of nitrogens with zero attached hydrogens (tertiary/aromatic N) is 1. The molecule has 0 bridgehead atoms. The van der Waals surface area contributed by atoms with Crippen LogP contribution in [0.3, 0.4) is 0 Å². The van der Waals surface area contributed by atoms with Gasteiger partial charge in [0.2, 0.25) is 10.0 Å². The van der Waals surface area contributed by atoms with Crippen molar-refractivity contribution < 1.29 is 8.42 Å². The maximum Gasteiger partial charge on any atom is 0.243 e. The van der Waals surface area contributed by atoms with Crippen LogP contribution in [0.25, 0.3) is 0 Å². The van der Waals surface area contributed by atoms with Crippen molar-refractivity contribution in [3.05, 3.63) is 60.2 Å². The average molecular weight is 344 g/mol. The van der Waals surface area contributed by atoms with E-state index >= 15 is 0 Å². The average Bonchev–Trinajstić information content (AvgIpc) is 2.61. The van der Waals surface area contributed by atoms with Gasteiger partial charge in [0, 0.05) is 24.8 Å². The Balaban J connectivity index is 1.69.